The molecule has 0 aliphatic carbocycles. The molecular formula is C31H26O2S2. The lowest BCUT2D eigenvalue weighted by molar-refractivity contribution is 0.876. The SMILES string of the molecule is CC(C)c1cccc2sc3ccccc3c(=O)c12.Cc1cc(C)c2sc3ccccc3c(=O)c2c1. The molecule has 174 valence electrons. The first-order chi connectivity index (χ1) is 16.8. The highest BCUT2D eigenvalue weighted by atomic mass is 32.1. The van der Waals surface area contributed by atoms with E-state index < -0.39 is 0 Å². The zero-order chi connectivity index (χ0) is 24.7. The van der Waals surface area contributed by atoms with Gasteiger partial charge in [-0.3, -0.25) is 9.59 Å². The molecule has 0 fully saturated rings. The lowest BCUT2D eigenvalue weighted by Crippen LogP contribution is -2.05. The highest BCUT2D eigenvalue weighted by molar-refractivity contribution is 7.25. The van der Waals surface area contributed by atoms with Crippen LogP contribution >= 0.6 is 22.7 Å². The van der Waals surface area contributed by atoms with E-state index in [0.717, 1.165) is 51.5 Å². The summed E-state index contributed by atoms with van der Waals surface area (Å²) >= 11 is 3.40. The van der Waals surface area contributed by atoms with Crippen LogP contribution in [0.4, 0.5) is 0 Å². The van der Waals surface area contributed by atoms with Crippen LogP contribution in [0.2, 0.25) is 0 Å². The van der Waals surface area contributed by atoms with E-state index in [0.29, 0.717) is 5.92 Å². The first-order valence-electron chi connectivity index (χ1n) is 11.7. The highest BCUT2D eigenvalue weighted by Gasteiger charge is 2.11. The predicted octanol–water partition coefficient (Wildman–Crippen LogP) is 8.57. The fourth-order valence-corrected chi connectivity index (χ4v) is 6.84. The van der Waals surface area contributed by atoms with E-state index in [-0.39, 0.29) is 10.9 Å². The van der Waals surface area contributed by atoms with Crippen LogP contribution in [0.15, 0.2) is 88.5 Å². The third-order valence-corrected chi connectivity index (χ3v) is 8.72. The van der Waals surface area contributed by atoms with Gasteiger partial charge in [0, 0.05) is 40.3 Å². The molecule has 6 aromatic rings. The maximum absolute atomic E-state index is 12.6. The van der Waals surface area contributed by atoms with Gasteiger partial charge in [0.2, 0.25) is 0 Å². The van der Waals surface area contributed by atoms with Gasteiger partial charge in [0.25, 0.3) is 0 Å². The third kappa shape index (κ3) is 4.29. The summed E-state index contributed by atoms with van der Waals surface area (Å²) in [5, 5.41) is 3.42. The van der Waals surface area contributed by atoms with E-state index >= 15 is 0 Å². The van der Waals surface area contributed by atoms with Crippen molar-refractivity contribution in [3.8, 4) is 0 Å². The Hall–Kier alpha value is -3.34. The Morgan fingerprint density at radius 2 is 1.23 bits per heavy atom. The van der Waals surface area contributed by atoms with E-state index in [1.54, 1.807) is 22.7 Å². The van der Waals surface area contributed by atoms with Gasteiger partial charge in [0.15, 0.2) is 10.9 Å². The summed E-state index contributed by atoms with van der Waals surface area (Å²) in [4.78, 5) is 25.0. The zero-order valence-electron chi connectivity index (χ0n) is 20.2. The smallest absolute Gasteiger partial charge is 0.196 e. The molecule has 0 saturated heterocycles. The fourth-order valence-electron chi connectivity index (χ4n) is 4.61. The highest BCUT2D eigenvalue weighted by Crippen LogP contribution is 2.30. The van der Waals surface area contributed by atoms with Gasteiger partial charge in [-0.15, -0.1) is 22.7 Å². The van der Waals surface area contributed by atoms with Crippen LogP contribution in [0, 0.1) is 13.8 Å². The molecule has 6 rings (SSSR count). The average molecular weight is 495 g/mol. The molecular weight excluding hydrogens is 468 g/mol. The van der Waals surface area contributed by atoms with E-state index in [1.165, 1.54) is 5.56 Å². The lowest BCUT2D eigenvalue weighted by atomic mass is 9.98. The van der Waals surface area contributed by atoms with Crippen molar-refractivity contribution in [2.45, 2.75) is 33.6 Å². The van der Waals surface area contributed by atoms with Gasteiger partial charge in [0.1, 0.15) is 0 Å². The second-order valence-corrected chi connectivity index (χ2v) is 11.3. The Morgan fingerprint density at radius 1 is 0.629 bits per heavy atom. The Kier molecular flexibility index (Phi) is 6.26. The summed E-state index contributed by atoms with van der Waals surface area (Å²) in [5.41, 5.74) is 3.81. The number of aryl methyl sites for hydroxylation is 2. The summed E-state index contributed by atoms with van der Waals surface area (Å²) in [5.74, 6) is 0.370. The van der Waals surface area contributed by atoms with Crippen LogP contribution in [-0.4, -0.2) is 0 Å². The minimum atomic E-state index is 0.154. The van der Waals surface area contributed by atoms with E-state index in [9.17, 15) is 9.59 Å². The number of hydrogen-bond acceptors (Lipinski definition) is 4. The number of rotatable bonds is 1. The molecule has 0 N–H and O–H groups in total. The Bertz CT molecular complexity index is 1840. The zero-order valence-corrected chi connectivity index (χ0v) is 21.8. The van der Waals surface area contributed by atoms with Crippen molar-refractivity contribution in [1.29, 1.82) is 0 Å². The van der Waals surface area contributed by atoms with Crippen LogP contribution in [-0.2, 0) is 0 Å². The molecule has 4 aromatic carbocycles. The van der Waals surface area contributed by atoms with Gasteiger partial charge in [-0.05, 0) is 67.3 Å². The molecule has 0 radical (unpaired) electrons. The third-order valence-electron chi connectivity index (χ3n) is 6.27. The second-order valence-electron chi connectivity index (χ2n) is 9.19. The standard InChI is InChI=1S/C16H14OS.C15H12OS/c1-10(2)11-7-5-9-14-15(11)16(17)12-6-3-4-8-13(12)18-14;1-9-7-10(2)15-12(8-9)14(16)11-5-3-4-6-13(11)17-15/h3-10H,1-2H3;3-8H,1-2H3. The molecule has 0 amide bonds. The second kappa shape index (κ2) is 9.37. The molecule has 2 aromatic heterocycles. The normalized spacial score (nSPS) is 11.3. The first-order valence-corrected chi connectivity index (χ1v) is 13.4. The van der Waals surface area contributed by atoms with Crippen LogP contribution in [0.1, 0.15) is 36.5 Å². The molecule has 0 aliphatic heterocycles. The Balaban J connectivity index is 0.000000145. The van der Waals surface area contributed by atoms with Crippen molar-refractivity contribution < 1.29 is 0 Å². The summed E-state index contributed by atoms with van der Waals surface area (Å²) in [6.07, 6.45) is 0. The monoisotopic (exact) mass is 494 g/mol. The van der Waals surface area contributed by atoms with E-state index in [4.69, 9.17) is 0 Å². The van der Waals surface area contributed by atoms with Crippen molar-refractivity contribution in [1.82, 2.24) is 0 Å². The number of benzene rings is 4. The molecule has 0 atom stereocenters. The van der Waals surface area contributed by atoms with Crippen molar-refractivity contribution in [3.63, 3.8) is 0 Å². The topological polar surface area (TPSA) is 34.1 Å². The van der Waals surface area contributed by atoms with Gasteiger partial charge in [-0.25, -0.2) is 0 Å². The summed E-state index contributed by atoms with van der Waals surface area (Å²) in [7, 11) is 0. The van der Waals surface area contributed by atoms with Gasteiger partial charge in [-0.1, -0.05) is 61.9 Å². The van der Waals surface area contributed by atoms with Gasteiger partial charge in [0.05, 0.1) is 0 Å². The van der Waals surface area contributed by atoms with Crippen molar-refractivity contribution in [3.05, 3.63) is 116 Å². The van der Waals surface area contributed by atoms with Crippen molar-refractivity contribution >= 4 is 63.0 Å². The molecule has 0 unspecified atom stereocenters. The van der Waals surface area contributed by atoms with Crippen LogP contribution < -0.4 is 10.9 Å². The maximum Gasteiger partial charge on any atom is 0.196 e. The van der Waals surface area contributed by atoms with Crippen LogP contribution in [0.3, 0.4) is 0 Å². The molecule has 0 saturated carbocycles. The molecule has 0 bridgehead atoms. The summed E-state index contributed by atoms with van der Waals surface area (Å²) < 4.78 is 4.33. The van der Waals surface area contributed by atoms with Gasteiger partial charge in [-0.2, -0.15) is 0 Å². The largest absolute Gasteiger partial charge is 0.289 e. The van der Waals surface area contributed by atoms with Crippen molar-refractivity contribution in [2.75, 3.05) is 0 Å². The molecule has 2 nitrogen and oxygen atoms in total. The minimum Gasteiger partial charge on any atom is -0.289 e. The molecule has 35 heavy (non-hydrogen) atoms. The Labute approximate surface area is 212 Å². The number of hydrogen-bond donors (Lipinski definition) is 0. The molecule has 2 heterocycles. The lowest BCUT2D eigenvalue weighted by Gasteiger charge is -2.09. The predicted molar refractivity (Wildman–Crippen MR) is 155 cm³/mol. The van der Waals surface area contributed by atoms with Crippen LogP contribution in [0.5, 0.6) is 0 Å². The molecule has 0 spiro atoms. The maximum atomic E-state index is 12.6. The van der Waals surface area contributed by atoms with E-state index in [1.807, 2.05) is 73.7 Å². The molecule has 0 aliphatic rings. The minimum absolute atomic E-state index is 0.154. The molecule has 4 heteroatoms. The average Bonchev–Trinajstić information content (AvgIpc) is 2.85. The summed E-state index contributed by atoms with van der Waals surface area (Å²) in [6.45, 7) is 8.37. The van der Waals surface area contributed by atoms with Gasteiger partial charge >= 0.3 is 0 Å². The van der Waals surface area contributed by atoms with Crippen molar-refractivity contribution in [2.24, 2.45) is 0 Å². The van der Waals surface area contributed by atoms with E-state index in [2.05, 4.69) is 32.9 Å². The fraction of sp³-hybridized carbons (Fsp3) is 0.161. The van der Waals surface area contributed by atoms with Crippen LogP contribution in [0.25, 0.3) is 40.3 Å². The first kappa shape index (κ1) is 23.4. The summed E-state index contributed by atoms with van der Waals surface area (Å²) in [6, 6.07) is 26.0. The number of fused-ring (bicyclic) bond motifs is 4. The Morgan fingerprint density at radius 3 is 1.91 bits per heavy atom. The quantitative estimate of drug-likeness (QED) is 0.215. The van der Waals surface area contributed by atoms with Gasteiger partial charge < -0.3 is 0 Å².